The molecule has 1 rings (SSSR count). The summed E-state index contributed by atoms with van der Waals surface area (Å²) in [5, 5.41) is 0.871. The lowest BCUT2D eigenvalue weighted by Crippen LogP contribution is -2.29. The van der Waals surface area contributed by atoms with E-state index in [1.807, 2.05) is 0 Å². The minimum Gasteiger partial charge on any atom is -0.272 e. The Balaban J connectivity index is 2.15. The second kappa shape index (κ2) is 5.40. The smallest absolute Gasteiger partial charge is 0.253 e. The summed E-state index contributed by atoms with van der Waals surface area (Å²) in [6.07, 6.45) is 7.92. The van der Waals surface area contributed by atoms with Crippen molar-refractivity contribution in [1.82, 2.24) is 5.06 Å². The van der Waals surface area contributed by atoms with Crippen LogP contribution in [0.25, 0.3) is 0 Å². The summed E-state index contributed by atoms with van der Waals surface area (Å²) in [6.45, 7) is 0.374. The number of rotatable bonds is 5. The van der Waals surface area contributed by atoms with Crippen LogP contribution in [0.4, 0.5) is 0 Å². The third-order valence-corrected chi connectivity index (χ3v) is 1.94. The molecule has 0 radical (unpaired) electrons. The third-order valence-electron chi connectivity index (χ3n) is 1.94. The molecule has 0 atom stereocenters. The van der Waals surface area contributed by atoms with Gasteiger partial charge in [-0.15, -0.1) is 12.3 Å². The average molecular weight is 195 g/mol. The molecule has 0 aromatic carbocycles. The van der Waals surface area contributed by atoms with Gasteiger partial charge in [0.15, 0.2) is 0 Å². The van der Waals surface area contributed by atoms with Crippen molar-refractivity contribution < 1.29 is 14.4 Å². The van der Waals surface area contributed by atoms with Crippen molar-refractivity contribution in [2.45, 2.75) is 32.1 Å². The minimum atomic E-state index is -0.244. The molecule has 4 nitrogen and oxygen atoms in total. The lowest BCUT2D eigenvalue weighted by molar-refractivity contribution is -0.187. The summed E-state index contributed by atoms with van der Waals surface area (Å²) in [5.74, 6) is 2.02. The van der Waals surface area contributed by atoms with E-state index in [9.17, 15) is 9.59 Å². The Hall–Kier alpha value is -1.34. The maximum Gasteiger partial charge on any atom is 0.253 e. The molecule has 0 saturated carbocycles. The van der Waals surface area contributed by atoms with Crippen LogP contribution in [0.2, 0.25) is 0 Å². The SMILES string of the molecule is C#CCCCCON1C(=O)CCC1=O. The van der Waals surface area contributed by atoms with E-state index in [2.05, 4.69) is 5.92 Å². The van der Waals surface area contributed by atoms with Gasteiger partial charge in [-0.3, -0.25) is 14.4 Å². The lowest BCUT2D eigenvalue weighted by atomic mass is 10.2. The van der Waals surface area contributed by atoms with Gasteiger partial charge in [0.2, 0.25) is 0 Å². The van der Waals surface area contributed by atoms with Gasteiger partial charge in [0.1, 0.15) is 0 Å². The van der Waals surface area contributed by atoms with Crippen molar-refractivity contribution in [2.75, 3.05) is 6.61 Å². The number of hydrogen-bond acceptors (Lipinski definition) is 3. The molecular weight excluding hydrogens is 182 g/mol. The average Bonchev–Trinajstić information content (AvgIpc) is 2.48. The number of amides is 2. The number of hydroxylamine groups is 2. The molecule has 14 heavy (non-hydrogen) atoms. The van der Waals surface area contributed by atoms with Crippen molar-refractivity contribution in [2.24, 2.45) is 0 Å². The zero-order valence-electron chi connectivity index (χ0n) is 7.99. The van der Waals surface area contributed by atoms with Crippen molar-refractivity contribution in [3.05, 3.63) is 0 Å². The van der Waals surface area contributed by atoms with E-state index in [0.717, 1.165) is 17.9 Å². The maximum absolute atomic E-state index is 11.1. The Morgan fingerprint density at radius 1 is 1.29 bits per heavy atom. The van der Waals surface area contributed by atoms with E-state index in [4.69, 9.17) is 11.3 Å². The molecule has 1 aliphatic heterocycles. The fraction of sp³-hybridized carbons (Fsp3) is 0.600. The normalized spacial score (nSPS) is 16.1. The van der Waals surface area contributed by atoms with Crippen LogP contribution >= 0.6 is 0 Å². The van der Waals surface area contributed by atoms with Crippen LogP contribution in [0.3, 0.4) is 0 Å². The van der Waals surface area contributed by atoms with Crippen LogP contribution in [0.5, 0.6) is 0 Å². The first-order valence-corrected chi connectivity index (χ1v) is 4.68. The quantitative estimate of drug-likeness (QED) is 0.371. The van der Waals surface area contributed by atoms with Gasteiger partial charge in [-0.2, -0.15) is 5.06 Å². The Morgan fingerprint density at radius 2 is 1.93 bits per heavy atom. The minimum absolute atomic E-state index is 0.244. The fourth-order valence-corrected chi connectivity index (χ4v) is 1.18. The first-order chi connectivity index (χ1) is 6.75. The molecule has 1 fully saturated rings. The van der Waals surface area contributed by atoms with Crippen molar-refractivity contribution in [3.63, 3.8) is 0 Å². The topological polar surface area (TPSA) is 46.6 Å². The molecule has 0 bridgehead atoms. The highest BCUT2D eigenvalue weighted by Gasteiger charge is 2.29. The summed E-state index contributed by atoms with van der Waals surface area (Å²) >= 11 is 0. The van der Waals surface area contributed by atoms with E-state index >= 15 is 0 Å². The van der Waals surface area contributed by atoms with Crippen molar-refractivity contribution >= 4 is 11.8 Å². The largest absolute Gasteiger partial charge is 0.272 e. The maximum atomic E-state index is 11.1. The Bertz CT molecular complexity index is 251. The van der Waals surface area contributed by atoms with Gasteiger partial charge in [0.05, 0.1) is 6.61 Å². The van der Waals surface area contributed by atoms with Gasteiger partial charge in [0.25, 0.3) is 11.8 Å². The molecular formula is C10H13NO3. The molecule has 0 aromatic rings. The number of unbranched alkanes of at least 4 members (excludes halogenated alkanes) is 2. The van der Waals surface area contributed by atoms with Crippen LogP contribution in [0.15, 0.2) is 0 Å². The van der Waals surface area contributed by atoms with Crippen LogP contribution in [0, 0.1) is 12.3 Å². The van der Waals surface area contributed by atoms with E-state index in [1.54, 1.807) is 0 Å². The predicted octanol–water partition coefficient (Wildman–Crippen LogP) is 0.871. The zero-order chi connectivity index (χ0) is 10.4. The lowest BCUT2D eigenvalue weighted by Gasteiger charge is -2.12. The van der Waals surface area contributed by atoms with Crippen LogP contribution in [-0.2, 0) is 14.4 Å². The number of hydrogen-bond donors (Lipinski definition) is 0. The van der Waals surface area contributed by atoms with Gasteiger partial charge >= 0.3 is 0 Å². The fourth-order valence-electron chi connectivity index (χ4n) is 1.18. The van der Waals surface area contributed by atoms with Gasteiger partial charge in [0, 0.05) is 19.3 Å². The Labute approximate surface area is 83.2 Å². The second-order valence-electron chi connectivity index (χ2n) is 3.08. The zero-order valence-corrected chi connectivity index (χ0v) is 7.99. The summed E-state index contributed by atoms with van der Waals surface area (Å²) < 4.78 is 0. The number of carbonyl (C=O) groups excluding carboxylic acids is 2. The molecule has 0 unspecified atom stereocenters. The summed E-state index contributed by atoms with van der Waals surface area (Å²) in [4.78, 5) is 27.1. The summed E-state index contributed by atoms with van der Waals surface area (Å²) in [5.41, 5.74) is 0. The van der Waals surface area contributed by atoms with Gasteiger partial charge in [-0.05, 0) is 12.8 Å². The molecule has 0 aliphatic carbocycles. The summed E-state index contributed by atoms with van der Waals surface area (Å²) in [6, 6.07) is 0. The molecule has 0 spiro atoms. The molecule has 0 aromatic heterocycles. The van der Waals surface area contributed by atoms with E-state index in [0.29, 0.717) is 13.0 Å². The van der Waals surface area contributed by atoms with Crippen molar-refractivity contribution in [3.8, 4) is 12.3 Å². The van der Waals surface area contributed by atoms with Gasteiger partial charge in [-0.25, -0.2) is 0 Å². The monoisotopic (exact) mass is 195 g/mol. The number of nitrogens with zero attached hydrogens (tertiary/aromatic N) is 1. The first-order valence-electron chi connectivity index (χ1n) is 4.68. The summed E-state index contributed by atoms with van der Waals surface area (Å²) in [7, 11) is 0. The van der Waals surface area contributed by atoms with E-state index in [-0.39, 0.29) is 24.7 Å². The molecule has 1 heterocycles. The molecule has 0 N–H and O–H groups in total. The van der Waals surface area contributed by atoms with Gasteiger partial charge < -0.3 is 0 Å². The molecule has 2 amide bonds. The standard InChI is InChI=1S/C10H13NO3/c1-2-3-4-5-8-14-11-9(12)6-7-10(11)13/h1H,3-8H2. The van der Waals surface area contributed by atoms with Crippen molar-refractivity contribution in [1.29, 1.82) is 0 Å². The molecule has 76 valence electrons. The third kappa shape index (κ3) is 2.86. The molecule has 1 aliphatic rings. The predicted molar refractivity (Wildman–Crippen MR) is 49.7 cm³/mol. The number of carbonyl (C=O) groups is 2. The van der Waals surface area contributed by atoms with Gasteiger partial charge in [-0.1, -0.05) is 0 Å². The highest BCUT2D eigenvalue weighted by molar-refractivity contribution is 6.00. The van der Waals surface area contributed by atoms with E-state index < -0.39 is 0 Å². The Kier molecular flexibility index (Phi) is 4.14. The number of imide groups is 1. The first kappa shape index (κ1) is 10.7. The van der Waals surface area contributed by atoms with Crippen LogP contribution in [-0.4, -0.2) is 23.5 Å². The Morgan fingerprint density at radius 3 is 2.50 bits per heavy atom. The highest BCUT2D eigenvalue weighted by Crippen LogP contribution is 2.12. The van der Waals surface area contributed by atoms with Crippen LogP contribution < -0.4 is 0 Å². The second-order valence-corrected chi connectivity index (χ2v) is 3.08. The molecule has 4 heteroatoms. The van der Waals surface area contributed by atoms with E-state index in [1.165, 1.54) is 0 Å². The molecule has 1 saturated heterocycles. The van der Waals surface area contributed by atoms with Crippen LogP contribution in [0.1, 0.15) is 32.1 Å². The number of terminal acetylenes is 1. The highest BCUT2D eigenvalue weighted by atomic mass is 16.7.